The molecule has 0 amide bonds. The summed E-state index contributed by atoms with van der Waals surface area (Å²) in [6.07, 6.45) is 6.11. The summed E-state index contributed by atoms with van der Waals surface area (Å²) >= 11 is 5.81. The predicted octanol–water partition coefficient (Wildman–Crippen LogP) is 3.76. The summed E-state index contributed by atoms with van der Waals surface area (Å²) in [7, 11) is -3.64. The van der Waals surface area contributed by atoms with E-state index in [-0.39, 0.29) is 4.90 Å². The number of hydrogen-bond acceptors (Lipinski definition) is 3. The normalized spacial score (nSPS) is 16.1. The number of benzene rings is 1. The lowest BCUT2D eigenvalue weighted by atomic mass is 10.3. The fourth-order valence-corrected chi connectivity index (χ4v) is 4.17. The molecule has 0 atom stereocenters. The maximum absolute atomic E-state index is 12.5. The molecule has 118 valence electrons. The predicted molar refractivity (Wildman–Crippen MR) is 86.7 cm³/mol. The van der Waals surface area contributed by atoms with Gasteiger partial charge in [0.05, 0.1) is 11.7 Å². The van der Waals surface area contributed by atoms with Gasteiger partial charge in [0, 0.05) is 16.9 Å². The van der Waals surface area contributed by atoms with Crippen LogP contribution in [0.15, 0.2) is 35.4 Å². The summed E-state index contributed by atoms with van der Waals surface area (Å²) in [5, 5.41) is 4.95. The second-order valence-corrected chi connectivity index (χ2v) is 7.70. The lowest BCUT2D eigenvalue weighted by Gasteiger charge is -2.09. The van der Waals surface area contributed by atoms with Gasteiger partial charge in [-0.3, -0.25) is 9.40 Å². The first kappa shape index (κ1) is 15.4. The number of anilines is 1. The Kier molecular flexibility index (Phi) is 4.14. The number of nitrogens with one attached hydrogen (secondary N) is 1. The fraction of sp³-hybridized carbons (Fsp3) is 0.400. The summed E-state index contributed by atoms with van der Waals surface area (Å²) in [4.78, 5) is 0.231. The molecule has 0 spiro atoms. The van der Waals surface area contributed by atoms with Crippen LogP contribution in [0.2, 0.25) is 5.02 Å². The van der Waals surface area contributed by atoms with E-state index in [1.165, 1.54) is 12.8 Å². The number of sulfonamides is 1. The van der Waals surface area contributed by atoms with Gasteiger partial charge in [-0.1, -0.05) is 24.4 Å². The van der Waals surface area contributed by atoms with Gasteiger partial charge in [0.15, 0.2) is 0 Å². The maximum atomic E-state index is 12.5. The van der Waals surface area contributed by atoms with E-state index < -0.39 is 10.0 Å². The van der Waals surface area contributed by atoms with Gasteiger partial charge >= 0.3 is 0 Å². The van der Waals surface area contributed by atoms with Crippen LogP contribution in [0.5, 0.6) is 0 Å². The second-order valence-electron chi connectivity index (χ2n) is 5.61. The molecule has 1 saturated carbocycles. The fourth-order valence-electron chi connectivity index (χ4n) is 2.81. The second kappa shape index (κ2) is 5.93. The Balaban J connectivity index is 1.86. The van der Waals surface area contributed by atoms with Crippen LogP contribution < -0.4 is 4.72 Å². The molecule has 1 aliphatic rings. The van der Waals surface area contributed by atoms with Gasteiger partial charge in [-0.15, -0.1) is 0 Å². The zero-order valence-electron chi connectivity index (χ0n) is 12.3. The quantitative estimate of drug-likeness (QED) is 0.922. The van der Waals surface area contributed by atoms with E-state index in [1.54, 1.807) is 42.1 Å². The Labute approximate surface area is 135 Å². The van der Waals surface area contributed by atoms with E-state index >= 15 is 0 Å². The summed E-state index contributed by atoms with van der Waals surface area (Å²) in [5.74, 6) is 0. The molecule has 0 radical (unpaired) electrons. The minimum absolute atomic E-state index is 0.231. The highest BCUT2D eigenvalue weighted by atomic mass is 35.5. The van der Waals surface area contributed by atoms with E-state index in [0.29, 0.717) is 22.4 Å². The van der Waals surface area contributed by atoms with Gasteiger partial charge in [-0.05, 0) is 44.0 Å². The molecule has 1 N–H and O–H groups in total. The Morgan fingerprint density at radius 1 is 1.23 bits per heavy atom. The Bertz CT molecular complexity index is 763. The van der Waals surface area contributed by atoms with Crippen LogP contribution in [0.4, 0.5) is 5.69 Å². The third-order valence-corrected chi connectivity index (χ3v) is 5.69. The van der Waals surface area contributed by atoms with Gasteiger partial charge in [-0.2, -0.15) is 5.10 Å². The van der Waals surface area contributed by atoms with Crippen molar-refractivity contribution in [3.63, 3.8) is 0 Å². The highest BCUT2D eigenvalue weighted by Gasteiger charge is 2.24. The molecular formula is C15H18ClN3O2S. The Morgan fingerprint density at radius 2 is 1.86 bits per heavy atom. The van der Waals surface area contributed by atoms with E-state index in [0.717, 1.165) is 12.8 Å². The summed E-state index contributed by atoms with van der Waals surface area (Å²) in [6, 6.07) is 6.88. The lowest BCUT2D eigenvalue weighted by Crippen LogP contribution is -2.13. The SMILES string of the molecule is Cc1nn(C2CCCC2)cc1S(=O)(=O)Nc1ccc(Cl)cc1. The van der Waals surface area contributed by atoms with Crippen LogP contribution in [0, 0.1) is 6.92 Å². The molecule has 3 rings (SSSR count). The first-order valence-corrected chi connectivity index (χ1v) is 9.16. The molecule has 0 saturated heterocycles. The van der Waals surface area contributed by atoms with Crippen LogP contribution in [-0.2, 0) is 10.0 Å². The standard InChI is InChI=1S/C15H18ClN3O2S/c1-11-15(10-19(17-11)14-4-2-3-5-14)22(20,21)18-13-8-6-12(16)7-9-13/h6-10,14,18H,2-5H2,1H3. The molecule has 1 aliphatic carbocycles. The number of aromatic nitrogens is 2. The van der Waals surface area contributed by atoms with Crippen molar-refractivity contribution < 1.29 is 8.42 Å². The van der Waals surface area contributed by atoms with E-state index in [4.69, 9.17) is 11.6 Å². The average Bonchev–Trinajstić information content (AvgIpc) is 3.10. The molecule has 5 nitrogen and oxygen atoms in total. The topological polar surface area (TPSA) is 64.0 Å². The number of nitrogens with zero attached hydrogens (tertiary/aromatic N) is 2. The van der Waals surface area contributed by atoms with Gasteiger partial charge in [-0.25, -0.2) is 8.42 Å². The van der Waals surface area contributed by atoms with Crippen molar-refractivity contribution in [2.24, 2.45) is 0 Å². The molecule has 2 aromatic rings. The van der Waals surface area contributed by atoms with E-state index in [1.807, 2.05) is 0 Å². The van der Waals surface area contributed by atoms with Crippen molar-refractivity contribution in [2.45, 2.75) is 43.5 Å². The number of rotatable bonds is 4. The molecule has 0 unspecified atom stereocenters. The Morgan fingerprint density at radius 3 is 2.50 bits per heavy atom. The third-order valence-electron chi connectivity index (χ3n) is 3.96. The van der Waals surface area contributed by atoms with Gasteiger partial charge in [0.1, 0.15) is 4.90 Å². The Hall–Kier alpha value is -1.53. The zero-order chi connectivity index (χ0) is 15.7. The molecule has 1 fully saturated rings. The van der Waals surface area contributed by atoms with E-state index in [2.05, 4.69) is 9.82 Å². The molecule has 1 aromatic carbocycles. The average molecular weight is 340 g/mol. The van der Waals surface area contributed by atoms with Crippen molar-refractivity contribution in [3.05, 3.63) is 41.2 Å². The van der Waals surface area contributed by atoms with Crippen molar-refractivity contribution in [3.8, 4) is 0 Å². The van der Waals surface area contributed by atoms with Gasteiger partial charge in [0.2, 0.25) is 0 Å². The summed E-state index contributed by atoms with van der Waals surface area (Å²) in [5.41, 5.74) is 1.01. The summed E-state index contributed by atoms with van der Waals surface area (Å²) < 4.78 is 29.4. The molecule has 7 heteroatoms. The first-order valence-electron chi connectivity index (χ1n) is 7.30. The van der Waals surface area contributed by atoms with Crippen LogP contribution >= 0.6 is 11.6 Å². The molecule has 1 aromatic heterocycles. The van der Waals surface area contributed by atoms with Crippen LogP contribution in [0.3, 0.4) is 0 Å². The largest absolute Gasteiger partial charge is 0.280 e. The first-order chi connectivity index (χ1) is 10.5. The van der Waals surface area contributed by atoms with Gasteiger partial charge < -0.3 is 0 Å². The highest BCUT2D eigenvalue weighted by Crippen LogP contribution is 2.30. The molecule has 0 bridgehead atoms. The smallest absolute Gasteiger partial charge is 0.265 e. The van der Waals surface area contributed by atoms with Crippen molar-refractivity contribution in [2.75, 3.05) is 4.72 Å². The number of halogens is 1. The van der Waals surface area contributed by atoms with Crippen LogP contribution in [-0.4, -0.2) is 18.2 Å². The molecule has 22 heavy (non-hydrogen) atoms. The number of hydrogen-bond donors (Lipinski definition) is 1. The molecule has 0 aliphatic heterocycles. The van der Waals surface area contributed by atoms with Crippen molar-refractivity contribution in [1.82, 2.24) is 9.78 Å². The lowest BCUT2D eigenvalue weighted by molar-refractivity contribution is 0.464. The highest BCUT2D eigenvalue weighted by molar-refractivity contribution is 7.92. The summed E-state index contributed by atoms with van der Waals surface area (Å²) in [6.45, 7) is 1.72. The zero-order valence-corrected chi connectivity index (χ0v) is 13.9. The van der Waals surface area contributed by atoms with Crippen LogP contribution in [0.25, 0.3) is 0 Å². The van der Waals surface area contributed by atoms with Crippen molar-refractivity contribution >= 4 is 27.3 Å². The minimum Gasteiger partial charge on any atom is -0.280 e. The van der Waals surface area contributed by atoms with Gasteiger partial charge in [0.25, 0.3) is 10.0 Å². The molecular weight excluding hydrogens is 322 g/mol. The third kappa shape index (κ3) is 3.13. The van der Waals surface area contributed by atoms with E-state index in [9.17, 15) is 8.42 Å². The van der Waals surface area contributed by atoms with Crippen LogP contribution in [0.1, 0.15) is 37.4 Å². The monoisotopic (exact) mass is 339 g/mol. The van der Waals surface area contributed by atoms with Crippen molar-refractivity contribution in [1.29, 1.82) is 0 Å². The maximum Gasteiger partial charge on any atom is 0.265 e. The minimum atomic E-state index is -3.64. The number of aryl methyl sites for hydroxylation is 1. The molecule has 1 heterocycles.